The molecule has 0 bridgehead atoms. The van der Waals surface area contributed by atoms with Gasteiger partial charge in [0, 0.05) is 11.8 Å². The van der Waals surface area contributed by atoms with E-state index in [1.807, 2.05) is 0 Å². The van der Waals surface area contributed by atoms with E-state index in [1.165, 1.54) is 12.1 Å². The van der Waals surface area contributed by atoms with E-state index in [0.717, 1.165) is 12.3 Å². The molecule has 3 aromatic rings. The van der Waals surface area contributed by atoms with Gasteiger partial charge in [0.25, 0.3) is 0 Å². The van der Waals surface area contributed by atoms with Crippen molar-refractivity contribution in [3.63, 3.8) is 0 Å². The standard InChI is InChI=1S/C10H8FNO2S.C7H5FN2/c11-9-8(15(13)14)6-12-10(9)7-4-2-1-3-5-7;8-6-3-5(4-9)1-2-7(6)10/h1-6,12H,(H,13,14);1-3H,10H2/p-1. The zero-order valence-electron chi connectivity index (χ0n) is 12.7. The monoisotopic (exact) mass is 360 g/mol. The van der Waals surface area contributed by atoms with Crippen LogP contribution in [-0.2, 0) is 11.1 Å². The number of nitrogens with two attached hydrogens (primary N) is 1. The Kier molecular flexibility index (Phi) is 6.00. The van der Waals surface area contributed by atoms with Crippen molar-refractivity contribution in [2.45, 2.75) is 4.90 Å². The van der Waals surface area contributed by atoms with E-state index in [9.17, 15) is 17.5 Å². The maximum atomic E-state index is 13.5. The number of hydrogen-bond acceptors (Lipinski definition) is 4. The first kappa shape index (κ1) is 18.3. The number of nitriles is 1. The third kappa shape index (κ3) is 4.50. The van der Waals surface area contributed by atoms with Gasteiger partial charge in [0.2, 0.25) is 0 Å². The minimum Gasteiger partial charge on any atom is -0.768 e. The second kappa shape index (κ2) is 8.19. The number of rotatable bonds is 2. The van der Waals surface area contributed by atoms with Crippen LogP contribution in [-0.4, -0.2) is 13.7 Å². The molecule has 128 valence electrons. The lowest BCUT2D eigenvalue weighted by Crippen LogP contribution is -1.89. The van der Waals surface area contributed by atoms with Crippen molar-refractivity contribution in [3.8, 4) is 17.3 Å². The van der Waals surface area contributed by atoms with E-state index in [0.29, 0.717) is 5.56 Å². The summed E-state index contributed by atoms with van der Waals surface area (Å²) in [5.41, 5.74) is 6.32. The summed E-state index contributed by atoms with van der Waals surface area (Å²) in [6, 6.07) is 14.5. The first-order chi connectivity index (χ1) is 11.9. The Balaban J connectivity index is 0.000000196. The van der Waals surface area contributed by atoms with E-state index >= 15 is 0 Å². The molecule has 1 aromatic heterocycles. The SMILES string of the molecule is N#Cc1ccc(N)c(F)c1.O=S([O-])c1c[nH]c(-c2ccccc2)c1F. The molecule has 0 saturated heterocycles. The molecule has 1 heterocycles. The average molecular weight is 360 g/mol. The Labute approximate surface area is 145 Å². The van der Waals surface area contributed by atoms with Gasteiger partial charge in [0.15, 0.2) is 5.82 Å². The maximum Gasteiger partial charge on any atom is 0.163 e. The van der Waals surface area contributed by atoms with Gasteiger partial charge >= 0.3 is 0 Å². The molecule has 0 saturated carbocycles. The van der Waals surface area contributed by atoms with Gasteiger partial charge in [0.05, 0.1) is 27.9 Å². The van der Waals surface area contributed by atoms with Crippen LogP contribution in [0.2, 0.25) is 0 Å². The summed E-state index contributed by atoms with van der Waals surface area (Å²) in [5.74, 6) is -1.28. The molecule has 3 N–H and O–H groups in total. The van der Waals surface area contributed by atoms with E-state index in [2.05, 4.69) is 4.98 Å². The number of nitrogens with zero attached hydrogens (tertiary/aromatic N) is 1. The Morgan fingerprint density at radius 3 is 2.36 bits per heavy atom. The molecule has 0 aliphatic carbocycles. The van der Waals surface area contributed by atoms with Gasteiger partial charge < -0.3 is 15.3 Å². The van der Waals surface area contributed by atoms with Gasteiger partial charge in [-0.05, 0) is 29.3 Å². The van der Waals surface area contributed by atoms with Crippen LogP contribution < -0.4 is 5.73 Å². The molecule has 0 aliphatic rings. The number of benzene rings is 2. The molecule has 0 aliphatic heterocycles. The number of H-pyrrole nitrogens is 1. The maximum absolute atomic E-state index is 13.5. The number of anilines is 1. The molecule has 25 heavy (non-hydrogen) atoms. The second-order valence-electron chi connectivity index (χ2n) is 4.79. The van der Waals surface area contributed by atoms with Gasteiger partial charge in [0.1, 0.15) is 5.82 Å². The number of nitrogen functional groups attached to an aromatic ring is 1. The van der Waals surface area contributed by atoms with Crippen molar-refractivity contribution in [1.82, 2.24) is 4.98 Å². The van der Waals surface area contributed by atoms with Gasteiger partial charge in [-0.15, -0.1) is 0 Å². The summed E-state index contributed by atoms with van der Waals surface area (Å²) in [4.78, 5) is 2.26. The van der Waals surface area contributed by atoms with Crippen LogP contribution in [0.4, 0.5) is 14.5 Å². The first-order valence-corrected chi connectivity index (χ1v) is 7.98. The average Bonchev–Trinajstić information content (AvgIpc) is 3.00. The molecule has 2 aromatic carbocycles. The highest BCUT2D eigenvalue weighted by atomic mass is 32.2. The minimum atomic E-state index is -2.55. The van der Waals surface area contributed by atoms with Gasteiger partial charge in [-0.2, -0.15) is 5.26 Å². The van der Waals surface area contributed by atoms with Crippen LogP contribution >= 0.6 is 0 Å². The first-order valence-electron chi connectivity index (χ1n) is 6.90. The molecule has 8 heteroatoms. The number of aromatic nitrogens is 1. The largest absolute Gasteiger partial charge is 0.768 e. The smallest absolute Gasteiger partial charge is 0.163 e. The van der Waals surface area contributed by atoms with Crippen molar-refractivity contribution < 1.29 is 17.5 Å². The van der Waals surface area contributed by atoms with E-state index < -0.39 is 22.7 Å². The fourth-order valence-corrected chi connectivity index (χ4v) is 2.32. The zero-order valence-corrected chi connectivity index (χ0v) is 13.5. The van der Waals surface area contributed by atoms with Crippen molar-refractivity contribution in [1.29, 1.82) is 5.26 Å². The fraction of sp³-hybridized carbons (Fsp3) is 0. The normalized spacial score (nSPS) is 11.1. The van der Waals surface area contributed by atoms with Crippen LogP contribution in [0.25, 0.3) is 11.3 Å². The van der Waals surface area contributed by atoms with Gasteiger partial charge in [-0.3, -0.25) is 4.21 Å². The lowest BCUT2D eigenvalue weighted by molar-refractivity contribution is 0.525. The molecular weight excluding hydrogens is 348 g/mol. The van der Waals surface area contributed by atoms with E-state index in [4.69, 9.17) is 11.0 Å². The number of hydrogen-bond donors (Lipinski definition) is 2. The highest BCUT2D eigenvalue weighted by molar-refractivity contribution is 7.79. The fourth-order valence-electron chi connectivity index (χ4n) is 1.92. The molecular formula is C17H12F2N3O2S-. The third-order valence-electron chi connectivity index (χ3n) is 3.15. The van der Waals surface area contributed by atoms with Crippen LogP contribution in [0.15, 0.2) is 59.6 Å². The second-order valence-corrected chi connectivity index (χ2v) is 5.70. The molecule has 0 amide bonds. The Bertz CT molecular complexity index is 937. The van der Waals surface area contributed by atoms with Crippen LogP contribution in [0.3, 0.4) is 0 Å². The number of aromatic amines is 1. The predicted molar refractivity (Wildman–Crippen MR) is 88.9 cm³/mol. The van der Waals surface area contributed by atoms with E-state index in [-0.39, 0.29) is 21.8 Å². The molecule has 5 nitrogen and oxygen atoms in total. The molecule has 3 rings (SSSR count). The summed E-state index contributed by atoms with van der Waals surface area (Å²) in [6.07, 6.45) is 1.14. The molecule has 0 radical (unpaired) electrons. The summed E-state index contributed by atoms with van der Waals surface area (Å²) in [6.45, 7) is 0. The predicted octanol–water partition coefficient (Wildman–Crippen LogP) is 3.34. The van der Waals surface area contributed by atoms with Crippen LogP contribution in [0, 0.1) is 23.0 Å². The Morgan fingerprint density at radius 1 is 1.16 bits per heavy atom. The summed E-state index contributed by atoms with van der Waals surface area (Å²) < 4.78 is 47.2. The number of halogens is 2. The summed E-state index contributed by atoms with van der Waals surface area (Å²) in [5, 5.41) is 8.30. The van der Waals surface area contributed by atoms with Crippen molar-refractivity contribution in [2.75, 3.05) is 5.73 Å². The van der Waals surface area contributed by atoms with E-state index in [1.54, 1.807) is 36.4 Å². The quantitative estimate of drug-likeness (QED) is 0.540. The molecule has 1 unspecified atom stereocenters. The third-order valence-corrected chi connectivity index (χ3v) is 3.81. The van der Waals surface area contributed by atoms with Gasteiger partial charge in [-0.25, -0.2) is 8.78 Å². The van der Waals surface area contributed by atoms with Crippen molar-refractivity contribution in [2.24, 2.45) is 0 Å². The molecule has 0 spiro atoms. The lowest BCUT2D eigenvalue weighted by Gasteiger charge is -2.01. The minimum absolute atomic E-state index is 0.0685. The Hall–Kier alpha value is -3.02. The highest BCUT2D eigenvalue weighted by Gasteiger charge is 2.12. The van der Waals surface area contributed by atoms with Gasteiger partial charge in [-0.1, -0.05) is 30.3 Å². The van der Waals surface area contributed by atoms with Crippen LogP contribution in [0.5, 0.6) is 0 Å². The summed E-state index contributed by atoms with van der Waals surface area (Å²) in [7, 11) is 0. The highest BCUT2D eigenvalue weighted by Crippen LogP contribution is 2.24. The zero-order chi connectivity index (χ0) is 18.4. The summed E-state index contributed by atoms with van der Waals surface area (Å²) >= 11 is -2.55. The van der Waals surface area contributed by atoms with Crippen LogP contribution in [0.1, 0.15) is 5.56 Å². The topological polar surface area (TPSA) is 106 Å². The number of nitrogens with one attached hydrogen (secondary N) is 1. The van der Waals surface area contributed by atoms with Crippen molar-refractivity contribution in [3.05, 3.63) is 71.9 Å². The Morgan fingerprint density at radius 2 is 1.84 bits per heavy atom. The lowest BCUT2D eigenvalue weighted by atomic mass is 10.1. The molecule has 0 fully saturated rings. The molecule has 1 atom stereocenters. The van der Waals surface area contributed by atoms with Crippen molar-refractivity contribution >= 4 is 16.8 Å².